The maximum atomic E-state index is 5.78. The fraction of sp³-hybridized carbons (Fsp3) is 0.167. The largest absolute Gasteiger partial charge is 0.394 e. The summed E-state index contributed by atoms with van der Waals surface area (Å²) >= 11 is 5.74. The van der Waals surface area contributed by atoms with Gasteiger partial charge in [-0.2, -0.15) is 4.98 Å². The van der Waals surface area contributed by atoms with E-state index >= 15 is 0 Å². The van der Waals surface area contributed by atoms with Gasteiger partial charge in [0.25, 0.3) is 0 Å². The minimum absolute atomic E-state index is 0.173. The van der Waals surface area contributed by atoms with Gasteiger partial charge in [-0.25, -0.2) is 4.98 Å². The van der Waals surface area contributed by atoms with Crippen LogP contribution in [0, 0.1) is 13.8 Å². The van der Waals surface area contributed by atoms with E-state index < -0.39 is 0 Å². The Labute approximate surface area is 105 Å². The summed E-state index contributed by atoms with van der Waals surface area (Å²) in [5.41, 5.74) is 9.49. The van der Waals surface area contributed by atoms with Crippen molar-refractivity contribution in [1.29, 1.82) is 0 Å². The number of nitrogens with one attached hydrogen (secondary N) is 1. The zero-order chi connectivity index (χ0) is 12.4. The molecule has 0 bridgehead atoms. The molecule has 5 heteroatoms. The van der Waals surface area contributed by atoms with Crippen molar-refractivity contribution in [2.24, 2.45) is 0 Å². The van der Waals surface area contributed by atoms with Crippen molar-refractivity contribution in [2.45, 2.75) is 13.8 Å². The van der Waals surface area contributed by atoms with Crippen LogP contribution in [0.1, 0.15) is 11.1 Å². The van der Waals surface area contributed by atoms with Gasteiger partial charge in [0.2, 0.25) is 5.28 Å². The van der Waals surface area contributed by atoms with Crippen LogP contribution >= 0.6 is 11.6 Å². The number of rotatable bonds is 2. The minimum Gasteiger partial charge on any atom is -0.394 e. The van der Waals surface area contributed by atoms with E-state index in [1.165, 1.54) is 6.20 Å². The van der Waals surface area contributed by atoms with E-state index in [0.717, 1.165) is 16.8 Å². The molecule has 0 radical (unpaired) electrons. The highest BCUT2D eigenvalue weighted by molar-refractivity contribution is 6.28. The molecule has 0 unspecified atom stereocenters. The van der Waals surface area contributed by atoms with Crippen LogP contribution < -0.4 is 11.1 Å². The van der Waals surface area contributed by atoms with Gasteiger partial charge in [0, 0.05) is 5.69 Å². The topological polar surface area (TPSA) is 63.8 Å². The van der Waals surface area contributed by atoms with E-state index in [2.05, 4.69) is 21.4 Å². The Hall–Kier alpha value is -1.81. The van der Waals surface area contributed by atoms with Crippen molar-refractivity contribution in [3.05, 3.63) is 40.8 Å². The third-order valence-corrected chi connectivity index (χ3v) is 2.62. The van der Waals surface area contributed by atoms with Crippen molar-refractivity contribution in [3.63, 3.8) is 0 Å². The number of nitrogens with two attached hydrogens (primary N) is 1. The second kappa shape index (κ2) is 4.59. The van der Waals surface area contributed by atoms with Crippen LogP contribution in [0.25, 0.3) is 0 Å². The van der Waals surface area contributed by atoms with E-state index in [1.807, 2.05) is 26.0 Å². The third kappa shape index (κ3) is 2.65. The molecule has 1 aromatic carbocycles. The number of benzene rings is 1. The Morgan fingerprint density at radius 2 is 2.06 bits per heavy atom. The molecule has 0 fully saturated rings. The Bertz CT molecular complexity index is 505. The lowest BCUT2D eigenvalue weighted by Crippen LogP contribution is -2.02. The molecule has 88 valence electrons. The third-order valence-electron chi connectivity index (χ3n) is 2.43. The summed E-state index contributed by atoms with van der Waals surface area (Å²) < 4.78 is 0. The van der Waals surface area contributed by atoms with E-state index in [9.17, 15) is 0 Å². The highest BCUT2D eigenvalue weighted by Gasteiger charge is 2.05. The normalized spacial score (nSPS) is 10.3. The summed E-state index contributed by atoms with van der Waals surface area (Å²) in [6.45, 7) is 4.04. The lowest BCUT2D eigenvalue weighted by Gasteiger charge is -2.11. The van der Waals surface area contributed by atoms with Crippen molar-refractivity contribution in [1.82, 2.24) is 9.97 Å². The molecule has 0 amide bonds. The first-order valence-electron chi connectivity index (χ1n) is 5.18. The van der Waals surface area contributed by atoms with Gasteiger partial charge >= 0.3 is 0 Å². The van der Waals surface area contributed by atoms with Crippen LogP contribution in [0.15, 0.2) is 24.4 Å². The summed E-state index contributed by atoms with van der Waals surface area (Å²) in [5, 5.41) is 3.33. The molecule has 2 rings (SSSR count). The fourth-order valence-electron chi connectivity index (χ4n) is 1.47. The van der Waals surface area contributed by atoms with Gasteiger partial charge in [-0.05, 0) is 42.6 Å². The molecule has 1 heterocycles. The second-order valence-corrected chi connectivity index (χ2v) is 4.22. The highest BCUT2D eigenvalue weighted by atomic mass is 35.5. The van der Waals surface area contributed by atoms with E-state index in [1.54, 1.807) is 0 Å². The molecule has 17 heavy (non-hydrogen) atoms. The van der Waals surface area contributed by atoms with Gasteiger partial charge in [0.05, 0.1) is 11.9 Å². The second-order valence-electron chi connectivity index (χ2n) is 3.89. The zero-order valence-corrected chi connectivity index (χ0v) is 10.4. The Morgan fingerprint density at radius 3 is 2.82 bits per heavy atom. The minimum atomic E-state index is 0.173. The standard InChI is InChI=1S/C12H13ClN4/c1-7-3-4-8(2)10(5-7)16-11-9(14)6-15-12(13)17-11/h3-6H,14H2,1-2H3,(H,15,16,17). The summed E-state index contributed by atoms with van der Waals surface area (Å²) in [5.74, 6) is 0.527. The lowest BCUT2D eigenvalue weighted by atomic mass is 10.1. The van der Waals surface area contributed by atoms with Crippen LogP contribution in [0.5, 0.6) is 0 Å². The summed E-state index contributed by atoms with van der Waals surface area (Å²) in [6, 6.07) is 6.12. The molecule has 0 saturated heterocycles. The van der Waals surface area contributed by atoms with Crippen LogP contribution in [-0.4, -0.2) is 9.97 Å². The van der Waals surface area contributed by atoms with Crippen molar-refractivity contribution in [3.8, 4) is 0 Å². The van der Waals surface area contributed by atoms with Gasteiger partial charge in [0.1, 0.15) is 0 Å². The molecule has 0 spiro atoms. The number of halogens is 1. The number of nitrogen functional groups attached to an aromatic ring is 1. The molecule has 0 saturated carbocycles. The van der Waals surface area contributed by atoms with Crippen LogP contribution in [0.4, 0.5) is 17.2 Å². The van der Waals surface area contributed by atoms with Crippen molar-refractivity contribution in [2.75, 3.05) is 11.1 Å². The molecule has 0 aliphatic heterocycles. The predicted molar refractivity (Wildman–Crippen MR) is 70.7 cm³/mol. The first kappa shape index (κ1) is 11.7. The number of hydrogen-bond donors (Lipinski definition) is 2. The Morgan fingerprint density at radius 1 is 1.29 bits per heavy atom. The first-order valence-corrected chi connectivity index (χ1v) is 5.56. The molecule has 4 nitrogen and oxygen atoms in total. The average Bonchev–Trinajstić information content (AvgIpc) is 2.28. The van der Waals surface area contributed by atoms with Crippen LogP contribution in [0.2, 0.25) is 5.28 Å². The summed E-state index contributed by atoms with van der Waals surface area (Å²) in [6.07, 6.45) is 1.49. The quantitative estimate of drug-likeness (QED) is 0.802. The first-order chi connectivity index (χ1) is 8.06. The molecular formula is C12H13ClN4. The summed E-state index contributed by atoms with van der Waals surface area (Å²) in [4.78, 5) is 7.87. The molecule has 0 atom stereocenters. The number of aryl methyl sites for hydroxylation is 2. The molecule has 2 aromatic rings. The Balaban J connectivity index is 2.37. The molecule has 0 aliphatic rings. The zero-order valence-electron chi connectivity index (χ0n) is 9.66. The molecule has 3 N–H and O–H groups in total. The lowest BCUT2D eigenvalue weighted by molar-refractivity contribution is 1.17. The number of anilines is 3. The fourth-order valence-corrected chi connectivity index (χ4v) is 1.60. The summed E-state index contributed by atoms with van der Waals surface area (Å²) in [7, 11) is 0. The number of nitrogens with zero attached hydrogens (tertiary/aromatic N) is 2. The average molecular weight is 249 g/mol. The maximum Gasteiger partial charge on any atom is 0.224 e. The molecular weight excluding hydrogens is 236 g/mol. The number of hydrogen-bond acceptors (Lipinski definition) is 4. The predicted octanol–water partition coefficient (Wildman–Crippen LogP) is 3.07. The highest BCUT2D eigenvalue weighted by Crippen LogP contribution is 2.24. The van der Waals surface area contributed by atoms with Gasteiger partial charge in [-0.15, -0.1) is 0 Å². The van der Waals surface area contributed by atoms with Gasteiger partial charge < -0.3 is 11.1 Å². The van der Waals surface area contributed by atoms with Crippen molar-refractivity contribution >= 4 is 28.8 Å². The van der Waals surface area contributed by atoms with Crippen LogP contribution in [0.3, 0.4) is 0 Å². The van der Waals surface area contributed by atoms with Gasteiger partial charge in [-0.1, -0.05) is 12.1 Å². The van der Waals surface area contributed by atoms with Crippen LogP contribution in [-0.2, 0) is 0 Å². The maximum absolute atomic E-state index is 5.78. The number of aromatic nitrogens is 2. The van der Waals surface area contributed by atoms with E-state index in [4.69, 9.17) is 17.3 Å². The van der Waals surface area contributed by atoms with E-state index in [0.29, 0.717) is 11.5 Å². The molecule has 0 aliphatic carbocycles. The SMILES string of the molecule is Cc1ccc(C)c(Nc2nc(Cl)ncc2N)c1. The van der Waals surface area contributed by atoms with Crippen molar-refractivity contribution < 1.29 is 0 Å². The smallest absolute Gasteiger partial charge is 0.224 e. The monoisotopic (exact) mass is 248 g/mol. The van der Waals surface area contributed by atoms with E-state index in [-0.39, 0.29) is 5.28 Å². The van der Waals surface area contributed by atoms with Gasteiger partial charge in [0.15, 0.2) is 5.82 Å². The van der Waals surface area contributed by atoms with Gasteiger partial charge in [-0.3, -0.25) is 0 Å². The molecule has 1 aromatic heterocycles. The Kier molecular flexibility index (Phi) is 3.15.